The van der Waals surface area contributed by atoms with Gasteiger partial charge in [0.1, 0.15) is 0 Å². The second-order valence-corrected chi connectivity index (χ2v) is 4.15. The van der Waals surface area contributed by atoms with Gasteiger partial charge in [-0.25, -0.2) is 0 Å². The minimum atomic E-state index is -0.0147. The number of hydrogen-bond donors (Lipinski definition) is 1. The standard InChI is InChI=1S/C14H18N2O5/c1-18-10-4-3-5-11(14(10)19-2)20-9-7-13-16-15-12(21-13)6-8-17/h3-5,17H,6-9H2,1-2H3. The molecule has 1 aromatic carbocycles. The minimum absolute atomic E-state index is 0.0147. The number of aliphatic hydroxyl groups excluding tert-OH is 1. The van der Waals surface area contributed by atoms with E-state index < -0.39 is 0 Å². The third-order valence-corrected chi connectivity index (χ3v) is 2.77. The topological polar surface area (TPSA) is 86.8 Å². The van der Waals surface area contributed by atoms with E-state index in [1.165, 1.54) is 0 Å². The zero-order chi connectivity index (χ0) is 15.1. The van der Waals surface area contributed by atoms with Crippen LogP contribution in [-0.2, 0) is 12.8 Å². The Kier molecular flexibility index (Phi) is 5.39. The number of para-hydroxylation sites is 1. The highest BCUT2D eigenvalue weighted by Crippen LogP contribution is 2.36. The Balaban J connectivity index is 1.93. The van der Waals surface area contributed by atoms with Crippen molar-refractivity contribution in [3.05, 3.63) is 30.0 Å². The van der Waals surface area contributed by atoms with Gasteiger partial charge in [-0.05, 0) is 12.1 Å². The van der Waals surface area contributed by atoms with Gasteiger partial charge in [-0.1, -0.05) is 6.07 Å². The highest BCUT2D eigenvalue weighted by molar-refractivity contribution is 5.50. The molecule has 0 bridgehead atoms. The molecule has 0 unspecified atom stereocenters. The Labute approximate surface area is 122 Å². The quantitative estimate of drug-likeness (QED) is 0.783. The van der Waals surface area contributed by atoms with E-state index in [2.05, 4.69) is 10.2 Å². The Bertz CT molecular complexity index is 570. The lowest BCUT2D eigenvalue weighted by Gasteiger charge is -2.12. The van der Waals surface area contributed by atoms with Crippen LogP contribution in [0.5, 0.6) is 17.2 Å². The summed E-state index contributed by atoms with van der Waals surface area (Å²) in [5.74, 6) is 2.64. The summed E-state index contributed by atoms with van der Waals surface area (Å²) in [5, 5.41) is 16.5. The largest absolute Gasteiger partial charge is 0.493 e. The first kappa shape index (κ1) is 15.1. The zero-order valence-electron chi connectivity index (χ0n) is 12.0. The molecule has 0 saturated heterocycles. The maximum absolute atomic E-state index is 8.78. The normalized spacial score (nSPS) is 10.4. The van der Waals surface area contributed by atoms with Crippen molar-refractivity contribution in [3.8, 4) is 17.2 Å². The van der Waals surface area contributed by atoms with Crippen molar-refractivity contribution < 1.29 is 23.7 Å². The third-order valence-electron chi connectivity index (χ3n) is 2.77. The highest BCUT2D eigenvalue weighted by Gasteiger charge is 2.11. The number of rotatable bonds is 8. The number of benzene rings is 1. The second kappa shape index (κ2) is 7.49. The van der Waals surface area contributed by atoms with Gasteiger partial charge in [-0.3, -0.25) is 0 Å². The van der Waals surface area contributed by atoms with Gasteiger partial charge >= 0.3 is 0 Å². The van der Waals surface area contributed by atoms with Gasteiger partial charge in [-0.15, -0.1) is 10.2 Å². The maximum atomic E-state index is 8.78. The predicted octanol–water partition coefficient (Wildman–Crippen LogP) is 1.24. The SMILES string of the molecule is COc1cccc(OCCc2nnc(CCO)o2)c1OC. The molecule has 1 N–H and O–H groups in total. The molecular formula is C14H18N2O5. The monoisotopic (exact) mass is 294 g/mol. The Morgan fingerprint density at radius 1 is 1.05 bits per heavy atom. The Hall–Kier alpha value is -2.28. The van der Waals surface area contributed by atoms with Crippen molar-refractivity contribution in [1.29, 1.82) is 0 Å². The summed E-state index contributed by atoms with van der Waals surface area (Å²) in [6, 6.07) is 5.42. The van der Waals surface area contributed by atoms with Crippen LogP contribution in [0.25, 0.3) is 0 Å². The van der Waals surface area contributed by atoms with Crippen molar-refractivity contribution in [2.45, 2.75) is 12.8 Å². The van der Waals surface area contributed by atoms with Gasteiger partial charge in [0.25, 0.3) is 0 Å². The van der Waals surface area contributed by atoms with Gasteiger partial charge in [0.2, 0.25) is 17.5 Å². The number of aliphatic hydroxyl groups is 1. The molecule has 0 atom stereocenters. The van der Waals surface area contributed by atoms with Crippen LogP contribution < -0.4 is 14.2 Å². The summed E-state index contributed by atoms with van der Waals surface area (Å²) in [7, 11) is 3.13. The van der Waals surface area contributed by atoms with Crippen molar-refractivity contribution in [2.75, 3.05) is 27.4 Å². The lowest BCUT2D eigenvalue weighted by atomic mass is 10.3. The van der Waals surface area contributed by atoms with E-state index in [-0.39, 0.29) is 6.61 Å². The summed E-state index contributed by atoms with van der Waals surface area (Å²) >= 11 is 0. The molecule has 0 aliphatic rings. The van der Waals surface area contributed by atoms with Crippen LogP contribution in [-0.4, -0.2) is 42.7 Å². The highest BCUT2D eigenvalue weighted by atomic mass is 16.5. The zero-order valence-corrected chi connectivity index (χ0v) is 12.0. The molecule has 0 aliphatic carbocycles. The summed E-state index contributed by atoms with van der Waals surface area (Å²) in [6.45, 7) is 0.351. The van der Waals surface area contributed by atoms with Gasteiger partial charge < -0.3 is 23.7 Å². The number of methoxy groups -OCH3 is 2. The molecule has 0 spiro atoms. The molecule has 0 saturated carbocycles. The van der Waals surface area contributed by atoms with Crippen LogP contribution in [0, 0.1) is 0 Å². The number of ether oxygens (including phenoxy) is 3. The van der Waals surface area contributed by atoms with E-state index >= 15 is 0 Å². The van der Waals surface area contributed by atoms with E-state index in [0.29, 0.717) is 48.5 Å². The van der Waals surface area contributed by atoms with Crippen LogP contribution >= 0.6 is 0 Å². The Morgan fingerprint density at radius 2 is 1.76 bits per heavy atom. The molecule has 21 heavy (non-hydrogen) atoms. The third kappa shape index (κ3) is 3.85. The molecule has 7 heteroatoms. The summed E-state index contributed by atoms with van der Waals surface area (Å²) < 4.78 is 21.5. The molecule has 1 aromatic heterocycles. The molecule has 2 aromatic rings. The van der Waals surface area contributed by atoms with Crippen LogP contribution in [0.3, 0.4) is 0 Å². The fourth-order valence-corrected chi connectivity index (χ4v) is 1.81. The van der Waals surface area contributed by atoms with E-state index in [1.807, 2.05) is 6.07 Å². The lowest BCUT2D eigenvalue weighted by molar-refractivity contribution is 0.270. The molecule has 0 aliphatic heterocycles. The van der Waals surface area contributed by atoms with Crippen molar-refractivity contribution >= 4 is 0 Å². The first-order chi connectivity index (χ1) is 10.3. The molecule has 7 nitrogen and oxygen atoms in total. The van der Waals surface area contributed by atoms with E-state index in [4.69, 9.17) is 23.7 Å². The predicted molar refractivity (Wildman–Crippen MR) is 73.8 cm³/mol. The lowest BCUT2D eigenvalue weighted by Crippen LogP contribution is -2.03. The molecule has 114 valence electrons. The van der Waals surface area contributed by atoms with E-state index in [9.17, 15) is 0 Å². The number of hydrogen-bond acceptors (Lipinski definition) is 7. The fourth-order valence-electron chi connectivity index (χ4n) is 1.81. The van der Waals surface area contributed by atoms with E-state index in [1.54, 1.807) is 26.4 Å². The first-order valence-corrected chi connectivity index (χ1v) is 6.54. The Morgan fingerprint density at radius 3 is 2.43 bits per heavy atom. The van der Waals surface area contributed by atoms with Crippen molar-refractivity contribution in [3.63, 3.8) is 0 Å². The van der Waals surface area contributed by atoms with Crippen LogP contribution in [0.2, 0.25) is 0 Å². The fraction of sp³-hybridized carbons (Fsp3) is 0.429. The smallest absolute Gasteiger partial charge is 0.219 e. The minimum Gasteiger partial charge on any atom is -0.493 e. The number of aromatic nitrogens is 2. The van der Waals surface area contributed by atoms with Gasteiger partial charge in [0.15, 0.2) is 11.5 Å². The summed E-state index contributed by atoms with van der Waals surface area (Å²) in [6.07, 6.45) is 0.830. The molecule has 2 rings (SSSR count). The maximum Gasteiger partial charge on any atom is 0.219 e. The van der Waals surface area contributed by atoms with Crippen LogP contribution in [0.15, 0.2) is 22.6 Å². The molecule has 0 amide bonds. The van der Waals surface area contributed by atoms with Crippen LogP contribution in [0.4, 0.5) is 0 Å². The number of nitrogens with zero attached hydrogens (tertiary/aromatic N) is 2. The van der Waals surface area contributed by atoms with Gasteiger partial charge in [0, 0.05) is 6.42 Å². The average molecular weight is 294 g/mol. The summed E-state index contributed by atoms with van der Waals surface area (Å²) in [4.78, 5) is 0. The van der Waals surface area contributed by atoms with Crippen LogP contribution in [0.1, 0.15) is 11.8 Å². The van der Waals surface area contributed by atoms with Crippen molar-refractivity contribution in [2.24, 2.45) is 0 Å². The first-order valence-electron chi connectivity index (χ1n) is 6.54. The van der Waals surface area contributed by atoms with Gasteiger partial charge in [0.05, 0.1) is 33.9 Å². The van der Waals surface area contributed by atoms with Crippen molar-refractivity contribution in [1.82, 2.24) is 10.2 Å². The average Bonchev–Trinajstić information content (AvgIpc) is 2.95. The summed E-state index contributed by atoms with van der Waals surface area (Å²) in [5.41, 5.74) is 0. The molecule has 1 heterocycles. The molecular weight excluding hydrogens is 276 g/mol. The molecule has 0 radical (unpaired) electrons. The van der Waals surface area contributed by atoms with Gasteiger partial charge in [-0.2, -0.15) is 0 Å². The second-order valence-electron chi connectivity index (χ2n) is 4.15. The van der Waals surface area contributed by atoms with E-state index in [0.717, 1.165) is 0 Å². The molecule has 0 fully saturated rings.